The molecular formula is C13H19F2N3O. The zero-order valence-electron chi connectivity index (χ0n) is 11.1. The number of rotatable bonds is 6. The lowest BCUT2D eigenvalue weighted by atomic mass is 9.88. The summed E-state index contributed by atoms with van der Waals surface area (Å²) in [5.74, 6) is -1.53. The van der Waals surface area contributed by atoms with Crippen molar-refractivity contribution in [1.29, 1.82) is 0 Å². The first kappa shape index (κ1) is 15.4. The number of amidine groups is 1. The van der Waals surface area contributed by atoms with Gasteiger partial charge in [-0.05, 0) is 30.7 Å². The van der Waals surface area contributed by atoms with E-state index >= 15 is 0 Å². The average molecular weight is 271 g/mol. The van der Waals surface area contributed by atoms with Crippen molar-refractivity contribution in [2.75, 3.05) is 6.54 Å². The van der Waals surface area contributed by atoms with E-state index in [-0.39, 0.29) is 5.84 Å². The number of nitrogens with one attached hydrogen (secondary N) is 1. The predicted octanol–water partition coefficient (Wildman–Crippen LogP) is 2.22. The quantitative estimate of drug-likeness (QED) is 0.244. The van der Waals surface area contributed by atoms with Crippen LogP contribution >= 0.6 is 0 Å². The molecule has 0 aromatic heterocycles. The lowest BCUT2D eigenvalue weighted by molar-refractivity contribution is 0.305. The van der Waals surface area contributed by atoms with Gasteiger partial charge in [-0.1, -0.05) is 25.1 Å². The third-order valence-electron chi connectivity index (χ3n) is 3.04. The second kappa shape index (κ2) is 6.47. The van der Waals surface area contributed by atoms with Gasteiger partial charge < -0.3 is 16.3 Å². The predicted molar refractivity (Wildman–Crippen MR) is 69.9 cm³/mol. The molecule has 19 heavy (non-hydrogen) atoms. The molecule has 1 rings (SSSR count). The van der Waals surface area contributed by atoms with Gasteiger partial charge >= 0.3 is 0 Å². The first-order chi connectivity index (χ1) is 8.86. The van der Waals surface area contributed by atoms with Gasteiger partial charge in [-0.25, -0.2) is 8.78 Å². The van der Waals surface area contributed by atoms with Gasteiger partial charge in [0.25, 0.3) is 0 Å². The summed E-state index contributed by atoms with van der Waals surface area (Å²) in [6.45, 7) is 4.77. The zero-order chi connectivity index (χ0) is 14.5. The summed E-state index contributed by atoms with van der Waals surface area (Å²) in [7, 11) is 0. The highest BCUT2D eigenvalue weighted by Crippen LogP contribution is 2.19. The van der Waals surface area contributed by atoms with Gasteiger partial charge in [-0.2, -0.15) is 0 Å². The fraction of sp³-hybridized carbons (Fsp3) is 0.462. The van der Waals surface area contributed by atoms with Crippen LogP contribution in [0.15, 0.2) is 23.4 Å². The van der Waals surface area contributed by atoms with Crippen LogP contribution in [-0.4, -0.2) is 17.6 Å². The van der Waals surface area contributed by atoms with Gasteiger partial charge in [-0.15, -0.1) is 0 Å². The van der Waals surface area contributed by atoms with Crippen LogP contribution in [0.1, 0.15) is 25.8 Å². The summed E-state index contributed by atoms with van der Waals surface area (Å²) in [5, 5.41) is 14.7. The molecule has 0 amide bonds. The van der Waals surface area contributed by atoms with E-state index < -0.39 is 17.0 Å². The number of halogens is 2. The summed E-state index contributed by atoms with van der Waals surface area (Å²) in [5.41, 5.74) is 5.81. The summed E-state index contributed by atoms with van der Waals surface area (Å²) in [6.07, 6.45) is 0.659. The van der Waals surface area contributed by atoms with Crippen LogP contribution in [-0.2, 0) is 6.54 Å². The molecule has 0 unspecified atom stereocenters. The Kier molecular flexibility index (Phi) is 5.23. The summed E-state index contributed by atoms with van der Waals surface area (Å²) < 4.78 is 25.7. The molecule has 1 aromatic carbocycles. The molecule has 4 nitrogen and oxygen atoms in total. The molecule has 0 fully saturated rings. The van der Waals surface area contributed by atoms with E-state index in [2.05, 4.69) is 10.5 Å². The Morgan fingerprint density at radius 3 is 2.63 bits per heavy atom. The third-order valence-corrected chi connectivity index (χ3v) is 3.04. The Morgan fingerprint density at radius 1 is 1.37 bits per heavy atom. The Hall–Kier alpha value is -1.69. The van der Waals surface area contributed by atoms with E-state index in [1.165, 1.54) is 6.07 Å². The number of hydrogen-bond donors (Lipinski definition) is 3. The van der Waals surface area contributed by atoms with Crippen LogP contribution in [0.4, 0.5) is 8.78 Å². The van der Waals surface area contributed by atoms with E-state index in [0.29, 0.717) is 25.1 Å². The second-order valence-electron chi connectivity index (χ2n) is 5.04. The van der Waals surface area contributed by atoms with E-state index in [1.807, 2.05) is 13.8 Å². The molecule has 0 heterocycles. The Morgan fingerprint density at radius 2 is 2.05 bits per heavy atom. The molecule has 0 aliphatic carbocycles. The number of oxime groups is 1. The molecule has 106 valence electrons. The zero-order valence-corrected chi connectivity index (χ0v) is 11.1. The molecule has 0 radical (unpaired) electrons. The van der Waals surface area contributed by atoms with E-state index in [1.54, 1.807) is 0 Å². The van der Waals surface area contributed by atoms with Crippen LogP contribution in [0.25, 0.3) is 0 Å². The minimum absolute atomic E-state index is 0.169. The first-order valence-electron chi connectivity index (χ1n) is 5.99. The summed E-state index contributed by atoms with van der Waals surface area (Å²) in [6, 6.07) is 3.80. The molecule has 0 aliphatic heterocycles. The Labute approximate surface area is 111 Å². The molecule has 0 atom stereocenters. The lowest BCUT2D eigenvalue weighted by Gasteiger charge is -2.22. The molecule has 0 saturated carbocycles. The van der Waals surface area contributed by atoms with Gasteiger partial charge in [0, 0.05) is 12.0 Å². The summed E-state index contributed by atoms with van der Waals surface area (Å²) in [4.78, 5) is 0. The van der Waals surface area contributed by atoms with Crippen molar-refractivity contribution in [2.45, 2.75) is 26.8 Å². The Bertz CT molecular complexity index is 461. The van der Waals surface area contributed by atoms with Crippen LogP contribution < -0.4 is 11.1 Å². The fourth-order valence-electron chi connectivity index (χ4n) is 1.55. The molecule has 1 aromatic rings. The van der Waals surface area contributed by atoms with Crippen molar-refractivity contribution in [1.82, 2.24) is 5.32 Å². The fourth-order valence-corrected chi connectivity index (χ4v) is 1.55. The molecule has 0 aliphatic rings. The van der Waals surface area contributed by atoms with E-state index in [9.17, 15) is 8.78 Å². The number of nitrogens with zero attached hydrogens (tertiary/aromatic N) is 1. The standard InChI is InChI=1S/C13H19F2N3O/c1-13(2,12(16)18-19)5-6-17-8-9-3-4-10(14)11(15)7-9/h3-4,7,17,19H,5-6,8H2,1-2H3,(H2,16,18). The van der Waals surface area contributed by atoms with Gasteiger partial charge in [0.15, 0.2) is 11.6 Å². The van der Waals surface area contributed by atoms with E-state index in [0.717, 1.165) is 12.1 Å². The largest absolute Gasteiger partial charge is 0.409 e. The maximum absolute atomic E-state index is 13.0. The summed E-state index contributed by atoms with van der Waals surface area (Å²) >= 11 is 0. The average Bonchev–Trinajstić information content (AvgIpc) is 2.37. The monoisotopic (exact) mass is 271 g/mol. The van der Waals surface area contributed by atoms with Gasteiger partial charge in [-0.3, -0.25) is 0 Å². The third kappa shape index (κ3) is 4.48. The molecule has 0 saturated heterocycles. The normalized spacial score (nSPS) is 12.7. The SMILES string of the molecule is CC(C)(CCNCc1ccc(F)c(F)c1)C(N)=NO. The minimum Gasteiger partial charge on any atom is -0.409 e. The second-order valence-corrected chi connectivity index (χ2v) is 5.04. The van der Waals surface area contributed by atoms with Crippen LogP contribution in [0.5, 0.6) is 0 Å². The maximum Gasteiger partial charge on any atom is 0.159 e. The van der Waals surface area contributed by atoms with Crippen molar-refractivity contribution in [3.63, 3.8) is 0 Å². The smallest absolute Gasteiger partial charge is 0.159 e. The van der Waals surface area contributed by atoms with Gasteiger partial charge in [0.2, 0.25) is 0 Å². The molecule has 0 spiro atoms. The Balaban J connectivity index is 2.41. The van der Waals surface area contributed by atoms with Crippen LogP contribution in [0, 0.1) is 17.0 Å². The molecular weight excluding hydrogens is 252 g/mol. The van der Waals surface area contributed by atoms with Crippen LogP contribution in [0.3, 0.4) is 0 Å². The molecule has 0 bridgehead atoms. The van der Waals surface area contributed by atoms with Crippen molar-refractivity contribution in [3.8, 4) is 0 Å². The highest BCUT2D eigenvalue weighted by Gasteiger charge is 2.22. The highest BCUT2D eigenvalue weighted by molar-refractivity contribution is 5.85. The number of hydrogen-bond acceptors (Lipinski definition) is 3. The first-order valence-corrected chi connectivity index (χ1v) is 5.99. The van der Waals surface area contributed by atoms with Gasteiger partial charge in [0.05, 0.1) is 0 Å². The van der Waals surface area contributed by atoms with Crippen molar-refractivity contribution >= 4 is 5.84 Å². The van der Waals surface area contributed by atoms with Crippen molar-refractivity contribution in [2.24, 2.45) is 16.3 Å². The van der Waals surface area contributed by atoms with Crippen molar-refractivity contribution in [3.05, 3.63) is 35.4 Å². The lowest BCUT2D eigenvalue weighted by Crippen LogP contribution is -2.34. The van der Waals surface area contributed by atoms with Crippen LogP contribution in [0.2, 0.25) is 0 Å². The van der Waals surface area contributed by atoms with E-state index in [4.69, 9.17) is 10.9 Å². The van der Waals surface area contributed by atoms with Crippen molar-refractivity contribution < 1.29 is 14.0 Å². The topological polar surface area (TPSA) is 70.6 Å². The number of nitrogens with two attached hydrogens (primary N) is 1. The molecule has 4 N–H and O–H groups in total. The maximum atomic E-state index is 13.0. The molecule has 6 heteroatoms. The number of benzene rings is 1. The minimum atomic E-state index is -0.851. The highest BCUT2D eigenvalue weighted by atomic mass is 19.2. The van der Waals surface area contributed by atoms with Gasteiger partial charge in [0.1, 0.15) is 5.84 Å².